The van der Waals surface area contributed by atoms with Gasteiger partial charge in [0.25, 0.3) is 5.91 Å². The molecule has 0 radical (unpaired) electrons. The lowest BCUT2D eigenvalue weighted by atomic mass is 10.00. The summed E-state index contributed by atoms with van der Waals surface area (Å²) >= 11 is 0. The minimum Gasteiger partial charge on any atom is -0.494 e. The SMILES string of the molecule is CCOc1ccc(NC(=O)c2cc(C)nc(N3CCC(C)CC3)n2)cc1. The van der Waals surface area contributed by atoms with E-state index in [1.54, 1.807) is 6.07 Å². The molecular weight excluding hydrogens is 328 g/mol. The van der Waals surface area contributed by atoms with Crippen molar-refractivity contribution in [3.8, 4) is 5.75 Å². The number of nitrogens with one attached hydrogen (secondary N) is 1. The van der Waals surface area contributed by atoms with Crippen LogP contribution in [0.5, 0.6) is 5.75 Å². The second-order valence-corrected chi connectivity index (χ2v) is 6.78. The third-order valence-corrected chi connectivity index (χ3v) is 4.56. The quantitative estimate of drug-likeness (QED) is 0.887. The molecule has 0 spiro atoms. The number of aromatic nitrogens is 2. The highest BCUT2D eigenvalue weighted by molar-refractivity contribution is 6.03. The lowest BCUT2D eigenvalue weighted by Gasteiger charge is -2.30. The summed E-state index contributed by atoms with van der Waals surface area (Å²) in [5.74, 6) is 1.93. The molecular formula is C20H26N4O2. The molecule has 1 aromatic heterocycles. The summed E-state index contributed by atoms with van der Waals surface area (Å²) in [6.07, 6.45) is 2.26. The molecule has 0 unspecified atom stereocenters. The Hall–Kier alpha value is -2.63. The van der Waals surface area contributed by atoms with Gasteiger partial charge in [0.05, 0.1) is 6.61 Å². The number of carbonyl (C=O) groups is 1. The second kappa shape index (κ2) is 8.17. The average Bonchev–Trinajstić information content (AvgIpc) is 2.63. The van der Waals surface area contributed by atoms with E-state index in [9.17, 15) is 4.79 Å². The van der Waals surface area contributed by atoms with Crippen LogP contribution in [-0.2, 0) is 0 Å². The van der Waals surface area contributed by atoms with E-state index in [1.165, 1.54) is 0 Å². The first-order chi connectivity index (χ1) is 12.5. The molecule has 6 nitrogen and oxygen atoms in total. The van der Waals surface area contributed by atoms with Crippen LogP contribution in [0.25, 0.3) is 0 Å². The zero-order valence-corrected chi connectivity index (χ0v) is 15.7. The third-order valence-electron chi connectivity index (χ3n) is 4.56. The number of nitrogens with zero attached hydrogens (tertiary/aromatic N) is 3. The largest absolute Gasteiger partial charge is 0.494 e. The molecule has 1 fully saturated rings. The number of amides is 1. The molecule has 138 valence electrons. The van der Waals surface area contributed by atoms with Crippen LogP contribution < -0.4 is 15.0 Å². The Morgan fingerprint density at radius 1 is 1.23 bits per heavy atom. The number of benzene rings is 1. The second-order valence-electron chi connectivity index (χ2n) is 6.78. The molecule has 0 saturated carbocycles. The molecule has 6 heteroatoms. The third kappa shape index (κ3) is 4.50. The Kier molecular flexibility index (Phi) is 5.71. The van der Waals surface area contributed by atoms with E-state index in [-0.39, 0.29) is 5.91 Å². The highest BCUT2D eigenvalue weighted by Gasteiger charge is 2.20. The highest BCUT2D eigenvalue weighted by Crippen LogP contribution is 2.21. The summed E-state index contributed by atoms with van der Waals surface area (Å²) in [7, 11) is 0. The Balaban J connectivity index is 1.72. The smallest absolute Gasteiger partial charge is 0.274 e. The number of hydrogen-bond acceptors (Lipinski definition) is 5. The Morgan fingerprint density at radius 2 is 1.92 bits per heavy atom. The van der Waals surface area contributed by atoms with Gasteiger partial charge in [0.1, 0.15) is 11.4 Å². The van der Waals surface area contributed by atoms with Crippen molar-refractivity contribution >= 4 is 17.5 Å². The molecule has 0 aliphatic carbocycles. The van der Waals surface area contributed by atoms with Crippen molar-refractivity contribution in [2.45, 2.75) is 33.6 Å². The van der Waals surface area contributed by atoms with E-state index in [0.717, 1.165) is 43.3 Å². The maximum atomic E-state index is 12.6. The van der Waals surface area contributed by atoms with Crippen LogP contribution in [0.1, 0.15) is 42.9 Å². The first-order valence-corrected chi connectivity index (χ1v) is 9.20. The minimum absolute atomic E-state index is 0.230. The van der Waals surface area contributed by atoms with E-state index in [2.05, 4.69) is 27.1 Å². The van der Waals surface area contributed by atoms with Gasteiger partial charge in [0, 0.05) is 24.5 Å². The number of piperidine rings is 1. The monoisotopic (exact) mass is 354 g/mol. The fraction of sp³-hybridized carbons (Fsp3) is 0.450. The Labute approximate surface area is 154 Å². The summed E-state index contributed by atoms with van der Waals surface area (Å²) in [5.41, 5.74) is 1.90. The molecule has 26 heavy (non-hydrogen) atoms. The maximum absolute atomic E-state index is 12.6. The van der Waals surface area contributed by atoms with Gasteiger partial charge in [-0.25, -0.2) is 9.97 Å². The van der Waals surface area contributed by atoms with Crippen LogP contribution in [0, 0.1) is 12.8 Å². The zero-order valence-electron chi connectivity index (χ0n) is 15.7. The molecule has 2 aromatic rings. The van der Waals surface area contributed by atoms with Crippen LogP contribution in [0.3, 0.4) is 0 Å². The van der Waals surface area contributed by atoms with Gasteiger partial charge in [0.15, 0.2) is 0 Å². The average molecular weight is 354 g/mol. The van der Waals surface area contributed by atoms with E-state index >= 15 is 0 Å². The molecule has 1 aliphatic heterocycles. The van der Waals surface area contributed by atoms with Crippen molar-refractivity contribution in [3.05, 3.63) is 41.7 Å². The highest BCUT2D eigenvalue weighted by atomic mass is 16.5. The molecule has 1 amide bonds. The first kappa shape index (κ1) is 18.2. The molecule has 0 atom stereocenters. The van der Waals surface area contributed by atoms with E-state index in [1.807, 2.05) is 38.1 Å². The van der Waals surface area contributed by atoms with E-state index in [0.29, 0.717) is 23.9 Å². The van der Waals surface area contributed by atoms with Crippen molar-refractivity contribution in [2.75, 3.05) is 29.9 Å². The number of hydrogen-bond donors (Lipinski definition) is 1. The number of aryl methyl sites for hydroxylation is 1. The zero-order chi connectivity index (χ0) is 18.5. The van der Waals surface area contributed by atoms with E-state index < -0.39 is 0 Å². The Bertz CT molecular complexity index is 753. The number of rotatable bonds is 5. The molecule has 1 aliphatic rings. The topological polar surface area (TPSA) is 67.3 Å². The fourth-order valence-corrected chi connectivity index (χ4v) is 3.02. The van der Waals surface area contributed by atoms with Crippen LogP contribution in [0.4, 0.5) is 11.6 Å². The van der Waals surface area contributed by atoms with Gasteiger partial charge in [-0.1, -0.05) is 6.92 Å². The predicted octanol–water partition coefficient (Wildman–Crippen LogP) is 3.67. The molecule has 0 bridgehead atoms. The van der Waals surface area contributed by atoms with Crippen molar-refractivity contribution in [3.63, 3.8) is 0 Å². The van der Waals surface area contributed by atoms with Crippen LogP contribution in [-0.4, -0.2) is 35.6 Å². The molecule has 1 N–H and O–H groups in total. The summed E-state index contributed by atoms with van der Waals surface area (Å²) in [5, 5.41) is 2.89. The normalized spacial score (nSPS) is 15.0. The van der Waals surface area contributed by atoms with Crippen LogP contribution in [0.15, 0.2) is 30.3 Å². The van der Waals surface area contributed by atoms with Gasteiger partial charge in [-0.15, -0.1) is 0 Å². The minimum atomic E-state index is -0.230. The summed E-state index contributed by atoms with van der Waals surface area (Å²) in [6.45, 7) is 8.59. The number of ether oxygens (including phenoxy) is 1. The lowest BCUT2D eigenvalue weighted by Crippen LogP contribution is -2.34. The Morgan fingerprint density at radius 3 is 2.58 bits per heavy atom. The molecule has 2 heterocycles. The van der Waals surface area contributed by atoms with Crippen molar-refractivity contribution in [2.24, 2.45) is 5.92 Å². The predicted molar refractivity (Wildman–Crippen MR) is 103 cm³/mol. The number of anilines is 2. The van der Waals surface area contributed by atoms with Gasteiger partial charge >= 0.3 is 0 Å². The van der Waals surface area contributed by atoms with E-state index in [4.69, 9.17) is 4.74 Å². The van der Waals surface area contributed by atoms with Gasteiger partial charge in [-0.3, -0.25) is 4.79 Å². The van der Waals surface area contributed by atoms with Gasteiger partial charge in [0.2, 0.25) is 5.95 Å². The number of carbonyl (C=O) groups excluding carboxylic acids is 1. The van der Waals surface area contributed by atoms with Crippen LogP contribution >= 0.6 is 0 Å². The summed E-state index contributed by atoms with van der Waals surface area (Å²) < 4.78 is 5.42. The van der Waals surface area contributed by atoms with Gasteiger partial charge in [-0.2, -0.15) is 0 Å². The molecule has 3 rings (SSSR count). The van der Waals surface area contributed by atoms with Crippen LogP contribution in [0.2, 0.25) is 0 Å². The summed E-state index contributed by atoms with van der Waals surface area (Å²) in [6, 6.07) is 9.04. The van der Waals surface area contributed by atoms with Crippen molar-refractivity contribution in [1.29, 1.82) is 0 Å². The van der Waals surface area contributed by atoms with Gasteiger partial charge < -0.3 is 15.0 Å². The molecule has 1 aromatic carbocycles. The van der Waals surface area contributed by atoms with Gasteiger partial charge in [-0.05, 0) is 62.9 Å². The standard InChI is InChI=1S/C20H26N4O2/c1-4-26-17-7-5-16(6-8-17)22-19(25)18-13-15(3)21-20(23-18)24-11-9-14(2)10-12-24/h5-8,13-14H,4,9-12H2,1-3H3,(H,22,25). The maximum Gasteiger partial charge on any atom is 0.274 e. The lowest BCUT2D eigenvalue weighted by molar-refractivity contribution is 0.102. The summed E-state index contributed by atoms with van der Waals surface area (Å²) in [4.78, 5) is 23.8. The fourth-order valence-electron chi connectivity index (χ4n) is 3.02. The van der Waals surface area contributed by atoms with Crippen molar-refractivity contribution in [1.82, 2.24) is 9.97 Å². The van der Waals surface area contributed by atoms with Crippen molar-refractivity contribution < 1.29 is 9.53 Å². The first-order valence-electron chi connectivity index (χ1n) is 9.20. The molecule has 1 saturated heterocycles.